The zero-order valence-electron chi connectivity index (χ0n) is 16.6. The van der Waals surface area contributed by atoms with Crippen LogP contribution in [0.5, 0.6) is 0 Å². The molecular formula is C20H28N2O5S. The van der Waals surface area contributed by atoms with Crippen molar-refractivity contribution in [2.24, 2.45) is 0 Å². The lowest BCUT2D eigenvalue weighted by Gasteiger charge is -2.23. The zero-order chi connectivity index (χ0) is 20.7. The lowest BCUT2D eigenvalue weighted by Crippen LogP contribution is -2.48. The van der Waals surface area contributed by atoms with E-state index in [1.165, 1.54) is 24.7 Å². The molecule has 0 aromatic carbocycles. The number of esters is 1. The molecule has 3 amide bonds. The van der Waals surface area contributed by atoms with Gasteiger partial charge in [0.25, 0.3) is 5.91 Å². The highest BCUT2D eigenvalue weighted by molar-refractivity contribution is 7.12. The van der Waals surface area contributed by atoms with Gasteiger partial charge in [-0.1, -0.05) is 19.3 Å². The quantitative estimate of drug-likeness (QED) is 0.532. The number of urea groups is 1. The molecule has 1 aliphatic rings. The molecule has 1 aromatic rings. The molecule has 1 atom stereocenters. The number of nitrogens with one attached hydrogen (secondary N) is 2. The van der Waals surface area contributed by atoms with E-state index in [0.717, 1.165) is 35.4 Å². The summed E-state index contributed by atoms with van der Waals surface area (Å²) < 4.78 is 5.04. The van der Waals surface area contributed by atoms with Crippen LogP contribution in [-0.2, 0) is 14.3 Å². The fourth-order valence-electron chi connectivity index (χ4n) is 3.25. The number of ketones is 1. The lowest BCUT2D eigenvalue weighted by atomic mass is 9.96. The molecule has 1 fully saturated rings. The van der Waals surface area contributed by atoms with Crippen LogP contribution in [0.1, 0.15) is 72.0 Å². The van der Waals surface area contributed by atoms with Gasteiger partial charge in [-0.2, -0.15) is 0 Å². The molecule has 2 rings (SSSR count). The van der Waals surface area contributed by atoms with Gasteiger partial charge >= 0.3 is 12.0 Å². The van der Waals surface area contributed by atoms with Crippen molar-refractivity contribution in [3.8, 4) is 0 Å². The summed E-state index contributed by atoms with van der Waals surface area (Å²) in [6.07, 6.45) is 3.91. The highest BCUT2D eigenvalue weighted by atomic mass is 32.1. The van der Waals surface area contributed by atoms with Crippen molar-refractivity contribution in [1.29, 1.82) is 0 Å². The smallest absolute Gasteiger partial charge is 0.321 e. The third kappa shape index (κ3) is 6.74. The number of ether oxygens (including phenoxy) is 1. The van der Waals surface area contributed by atoms with Crippen LogP contribution in [0.3, 0.4) is 0 Å². The van der Waals surface area contributed by atoms with Crippen LogP contribution < -0.4 is 10.6 Å². The molecule has 1 saturated carbocycles. The molecule has 8 heteroatoms. The van der Waals surface area contributed by atoms with E-state index in [1.807, 2.05) is 19.9 Å². The van der Waals surface area contributed by atoms with Gasteiger partial charge in [-0.25, -0.2) is 4.79 Å². The maximum Gasteiger partial charge on any atom is 0.321 e. The lowest BCUT2D eigenvalue weighted by molar-refractivity contribution is -0.154. The van der Waals surface area contributed by atoms with Gasteiger partial charge in [0.1, 0.15) is 0 Å². The Morgan fingerprint density at radius 2 is 1.82 bits per heavy atom. The molecule has 7 nitrogen and oxygen atoms in total. The number of carbonyl (C=O) groups is 4. The molecule has 28 heavy (non-hydrogen) atoms. The number of hydrogen-bond donors (Lipinski definition) is 2. The number of amides is 3. The molecule has 1 aromatic heterocycles. The summed E-state index contributed by atoms with van der Waals surface area (Å²) in [6, 6.07) is 1.32. The number of aryl methyl sites for hydroxylation is 2. The first-order chi connectivity index (χ1) is 13.3. The monoisotopic (exact) mass is 408 g/mol. The SMILES string of the molecule is Cc1cc(C(=O)CCC(=O)O[C@@H](C)C(=O)NC(=O)NC2CCCCC2)c(C)s1. The maximum atomic E-state index is 12.2. The van der Waals surface area contributed by atoms with E-state index in [0.29, 0.717) is 5.56 Å². The van der Waals surface area contributed by atoms with Crippen LogP contribution >= 0.6 is 11.3 Å². The molecule has 0 radical (unpaired) electrons. The zero-order valence-corrected chi connectivity index (χ0v) is 17.4. The Bertz CT molecular complexity index is 737. The number of imide groups is 1. The van der Waals surface area contributed by atoms with Gasteiger partial charge in [-0.15, -0.1) is 11.3 Å². The molecule has 1 aliphatic carbocycles. The van der Waals surface area contributed by atoms with E-state index in [4.69, 9.17) is 4.74 Å². The van der Waals surface area contributed by atoms with Gasteiger partial charge in [0.15, 0.2) is 11.9 Å². The average Bonchev–Trinajstić information content (AvgIpc) is 2.98. The van der Waals surface area contributed by atoms with Crippen LogP contribution in [-0.4, -0.2) is 35.8 Å². The van der Waals surface area contributed by atoms with E-state index in [-0.39, 0.29) is 24.7 Å². The van der Waals surface area contributed by atoms with Gasteiger partial charge in [-0.05, 0) is 39.7 Å². The van der Waals surface area contributed by atoms with E-state index in [1.54, 1.807) is 0 Å². The Labute approximate surface area is 169 Å². The van der Waals surface area contributed by atoms with Crippen molar-refractivity contribution in [3.63, 3.8) is 0 Å². The van der Waals surface area contributed by atoms with Crippen molar-refractivity contribution in [1.82, 2.24) is 10.6 Å². The molecule has 1 heterocycles. The van der Waals surface area contributed by atoms with Gasteiger partial charge in [-0.3, -0.25) is 19.7 Å². The van der Waals surface area contributed by atoms with Gasteiger partial charge < -0.3 is 10.1 Å². The largest absolute Gasteiger partial charge is 0.453 e. The Morgan fingerprint density at radius 3 is 2.43 bits per heavy atom. The van der Waals surface area contributed by atoms with Gasteiger partial charge in [0, 0.05) is 27.8 Å². The molecule has 0 unspecified atom stereocenters. The first-order valence-corrected chi connectivity index (χ1v) is 10.5. The molecular weight excluding hydrogens is 380 g/mol. The van der Waals surface area contributed by atoms with Crippen LogP contribution in [0.25, 0.3) is 0 Å². The Kier molecular flexibility index (Phi) is 8.17. The third-order valence-electron chi connectivity index (χ3n) is 4.75. The first kappa shape index (κ1) is 22.1. The molecule has 0 saturated heterocycles. The fourth-order valence-corrected chi connectivity index (χ4v) is 4.19. The minimum absolute atomic E-state index is 0.0202. The van der Waals surface area contributed by atoms with Crippen molar-refractivity contribution in [2.45, 2.75) is 77.9 Å². The summed E-state index contributed by atoms with van der Waals surface area (Å²) in [7, 11) is 0. The minimum Gasteiger partial charge on any atom is -0.453 e. The van der Waals surface area contributed by atoms with E-state index >= 15 is 0 Å². The maximum absolute atomic E-state index is 12.2. The number of Topliss-reactive ketones (excluding diaryl/α,β-unsaturated/α-hetero) is 1. The summed E-state index contributed by atoms with van der Waals surface area (Å²) >= 11 is 1.54. The standard InChI is InChI=1S/C20H28N2O5S/c1-12-11-16(14(3)28-12)17(23)9-10-18(24)27-13(2)19(25)22-20(26)21-15-7-5-4-6-8-15/h11,13,15H,4-10H2,1-3H3,(H2,21,22,25,26)/t13-/m0/s1. The highest BCUT2D eigenvalue weighted by Gasteiger charge is 2.23. The Morgan fingerprint density at radius 1 is 1.14 bits per heavy atom. The highest BCUT2D eigenvalue weighted by Crippen LogP contribution is 2.22. The number of hydrogen-bond acceptors (Lipinski definition) is 6. The summed E-state index contributed by atoms with van der Waals surface area (Å²) in [4.78, 5) is 50.0. The third-order valence-corrected chi connectivity index (χ3v) is 5.72. The van der Waals surface area contributed by atoms with Gasteiger partial charge in [0.2, 0.25) is 0 Å². The summed E-state index contributed by atoms with van der Waals surface area (Å²) in [5.74, 6) is -1.45. The van der Waals surface area contributed by atoms with Crippen molar-refractivity contribution in [2.75, 3.05) is 0 Å². The molecule has 0 spiro atoms. The van der Waals surface area contributed by atoms with Crippen molar-refractivity contribution in [3.05, 3.63) is 21.4 Å². The topological polar surface area (TPSA) is 102 Å². The van der Waals surface area contributed by atoms with E-state index < -0.39 is 24.0 Å². The molecule has 154 valence electrons. The van der Waals surface area contributed by atoms with Crippen LogP contribution in [0.4, 0.5) is 4.79 Å². The number of rotatable bonds is 7. The van der Waals surface area contributed by atoms with Crippen molar-refractivity contribution < 1.29 is 23.9 Å². The second kappa shape index (κ2) is 10.4. The van der Waals surface area contributed by atoms with E-state index in [9.17, 15) is 19.2 Å². The van der Waals surface area contributed by atoms with Crippen LogP contribution in [0, 0.1) is 13.8 Å². The summed E-state index contributed by atoms with van der Waals surface area (Å²) in [5.41, 5.74) is 0.625. The number of carbonyl (C=O) groups excluding carboxylic acids is 4. The predicted molar refractivity (Wildman–Crippen MR) is 106 cm³/mol. The van der Waals surface area contributed by atoms with Crippen molar-refractivity contribution >= 4 is 35.0 Å². The van der Waals surface area contributed by atoms with Crippen LogP contribution in [0.15, 0.2) is 6.07 Å². The predicted octanol–water partition coefficient (Wildman–Crippen LogP) is 3.42. The number of thiophene rings is 1. The Balaban J connectivity index is 1.71. The fraction of sp³-hybridized carbons (Fsp3) is 0.600. The first-order valence-electron chi connectivity index (χ1n) is 9.67. The minimum atomic E-state index is -1.11. The second-order valence-electron chi connectivity index (χ2n) is 7.18. The van der Waals surface area contributed by atoms with Gasteiger partial charge in [0.05, 0.1) is 6.42 Å². The molecule has 0 bridgehead atoms. The molecule has 2 N–H and O–H groups in total. The normalized spacial score (nSPS) is 15.5. The van der Waals surface area contributed by atoms with E-state index in [2.05, 4.69) is 10.6 Å². The summed E-state index contributed by atoms with van der Waals surface area (Å²) in [5, 5.41) is 4.97. The molecule has 0 aliphatic heterocycles. The second-order valence-corrected chi connectivity index (χ2v) is 8.64. The average molecular weight is 409 g/mol. The van der Waals surface area contributed by atoms with Crippen LogP contribution in [0.2, 0.25) is 0 Å². The summed E-state index contributed by atoms with van der Waals surface area (Å²) in [6.45, 7) is 5.19. The Hall–Kier alpha value is -2.22.